The second kappa shape index (κ2) is 12.4. The van der Waals surface area contributed by atoms with Crippen LogP contribution in [0.2, 0.25) is 5.15 Å². The van der Waals surface area contributed by atoms with Crippen molar-refractivity contribution < 1.29 is 9.47 Å². The summed E-state index contributed by atoms with van der Waals surface area (Å²) in [5, 5.41) is 0.340. The number of halogens is 1. The molecule has 0 spiro atoms. The molecule has 0 saturated heterocycles. The Labute approximate surface area is 193 Å². The number of nitrogens with one attached hydrogen (secondary N) is 1. The number of benzene rings is 1. The van der Waals surface area contributed by atoms with Gasteiger partial charge in [0.25, 0.3) is 0 Å². The van der Waals surface area contributed by atoms with Crippen LogP contribution >= 0.6 is 11.6 Å². The molecule has 0 radical (unpaired) electrons. The fourth-order valence-electron chi connectivity index (χ4n) is 2.69. The van der Waals surface area contributed by atoms with Crippen molar-refractivity contribution in [3.63, 3.8) is 0 Å². The Bertz CT molecular complexity index is 878. The van der Waals surface area contributed by atoms with Gasteiger partial charge in [-0.15, -0.1) is 0 Å². The fourth-order valence-corrected chi connectivity index (χ4v) is 3.41. The molecule has 29 heavy (non-hydrogen) atoms. The minimum absolute atomic E-state index is 0.0314. The molecule has 0 aliphatic carbocycles. The summed E-state index contributed by atoms with van der Waals surface area (Å²) in [6.45, 7) is 9.14. The van der Waals surface area contributed by atoms with Crippen LogP contribution in [0.4, 0.5) is 5.95 Å². The minimum atomic E-state index is -0.254. The number of hydrogen-bond acceptors (Lipinski definition) is 6. The number of hydrogen-bond donors (Lipinski definition) is 1. The molecule has 0 amide bonds. The molecule has 0 aliphatic heterocycles. The fraction of sp³-hybridized carbons (Fsp3) is 0.450. The van der Waals surface area contributed by atoms with Crippen molar-refractivity contribution >= 4 is 54.8 Å². The summed E-state index contributed by atoms with van der Waals surface area (Å²) < 4.78 is 17.0. The third-order valence-corrected chi connectivity index (χ3v) is 5.43. The van der Waals surface area contributed by atoms with Crippen LogP contribution in [0.15, 0.2) is 36.7 Å². The number of anilines is 1. The zero-order chi connectivity index (χ0) is 21.2. The van der Waals surface area contributed by atoms with Crippen LogP contribution in [-0.2, 0) is 16.1 Å². The molecular weight excluding hydrogens is 582 g/mol. The van der Waals surface area contributed by atoms with Gasteiger partial charge in [0.2, 0.25) is 0 Å². The van der Waals surface area contributed by atoms with E-state index in [2.05, 4.69) is 25.0 Å². The predicted molar refractivity (Wildman–Crippen MR) is 117 cm³/mol. The van der Waals surface area contributed by atoms with Crippen molar-refractivity contribution in [2.45, 2.75) is 53.1 Å². The van der Waals surface area contributed by atoms with Crippen LogP contribution in [-0.4, -0.2) is 58.3 Å². The molecule has 154 valence electrons. The van der Waals surface area contributed by atoms with Crippen molar-refractivity contribution in [3.8, 4) is 0 Å². The van der Waals surface area contributed by atoms with E-state index in [0.29, 0.717) is 61.5 Å². The van der Waals surface area contributed by atoms with Gasteiger partial charge in [0.1, 0.15) is 0 Å². The molecule has 0 fully saturated rings. The molecule has 9 heteroatoms. The summed E-state index contributed by atoms with van der Waals surface area (Å²) in [5.41, 5.74) is 2.38. The quantitative estimate of drug-likeness (QED) is 0.284. The van der Waals surface area contributed by atoms with E-state index in [-0.39, 0.29) is 12.3 Å². The Morgan fingerprint density at radius 3 is 2.59 bits per heavy atom. The van der Waals surface area contributed by atoms with E-state index in [4.69, 9.17) is 21.1 Å². The maximum atomic E-state index is 6.21. The van der Waals surface area contributed by atoms with Gasteiger partial charge in [-0.1, -0.05) is 44.2 Å². The summed E-state index contributed by atoms with van der Waals surface area (Å²) in [4.78, 5) is 13.0. The Balaban J connectivity index is 0.00000145. The van der Waals surface area contributed by atoms with Gasteiger partial charge in [-0.05, 0) is 0 Å². The summed E-state index contributed by atoms with van der Waals surface area (Å²) in [5.74, 6) is 0.518. The Hall–Kier alpha value is -1.30. The van der Waals surface area contributed by atoms with Gasteiger partial charge >= 0.3 is 150 Å². The molecule has 1 aromatic carbocycles. The van der Waals surface area contributed by atoms with E-state index >= 15 is 0 Å². The molecule has 2 unspecified atom stereocenters. The van der Waals surface area contributed by atoms with Crippen LogP contribution in [0.1, 0.15) is 45.9 Å². The maximum absolute atomic E-state index is 6.21. The molecule has 1 N–H and O–H groups in total. The topological polar surface area (TPSA) is 74.1 Å². The number of aromatic nitrogens is 4. The Kier molecular flexibility index (Phi) is 10.3. The van der Waals surface area contributed by atoms with Crippen molar-refractivity contribution in [1.82, 2.24) is 19.5 Å². The zero-order valence-corrected chi connectivity index (χ0v) is 22.5. The summed E-state index contributed by atoms with van der Waals surface area (Å²) >= 11 is 6.74. The average molecular weight is 609 g/mol. The van der Waals surface area contributed by atoms with E-state index in [9.17, 15) is 0 Å². The molecule has 0 bridgehead atoms. The first-order chi connectivity index (χ1) is 14.1. The number of imidazole rings is 1. The van der Waals surface area contributed by atoms with E-state index in [0.717, 1.165) is 12.0 Å². The average Bonchev–Trinajstić information content (AvgIpc) is 3.19. The van der Waals surface area contributed by atoms with Crippen LogP contribution in [0.25, 0.3) is 11.2 Å². The van der Waals surface area contributed by atoms with Crippen LogP contribution in [0, 0.1) is 0 Å². The standard InChI is InChI=1S/C18H21ClN5O2.C2H6.Tl/c1-3-14(10-25-9-13-7-5-4-6-8-13)26-12(2)24-11-21-15-16(19)22-18(20)23-17(15)24;1-2;/h4-8,11-12,14H,3,9-10H2,1-2H3,(H-,20,22,23);1-2H3;/q-1;;+1. The van der Waals surface area contributed by atoms with Gasteiger partial charge < -0.3 is 0 Å². The zero-order valence-electron chi connectivity index (χ0n) is 17.3. The van der Waals surface area contributed by atoms with Gasteiger partial charge in [0.05, 0.1) is 0 Å². The number of nitrogens with zero attached hydrogens (tertiary/aromatic N) is 4. The van der Waals surface area contributed by atoms with Gasteiger partial charge in [-0.25, -0.2) is 0 Å². The summed E-state index contributed by atoms with van der Waals surface area (Å²) in [6.07, 6.45) is 2.24. The molecule has 3 rings (SSSR count). The van der Waals surface area contributed by atoms with Gasteiger partial charge in [-0.2, -0.15) is 0 Å². The second-order valence-electron chi connectivity index (χ2n) is 6.07. The first-order valence-corrected chi connectivity index (χ1v) is 12.4. The molecule has 2 heterocycles. The molecule has 3 aromatic rings. The van der Waals surface area contributed by atoms with Crippen LogP contribution in [0.5, 0.6) is 0 Å². The third kappa shape index (κ3) is 6.60. The van der Waals surface area contributed by atoms with Crippen molar-refractivity contribution in [2.75, 3.05) is 9.73 Å². The molecule has 2 aromatic heterocycles. The predicted octanol–water partition coefficient (Wildman–Crippen LogP) is 4.53. The molecule has 2 atom stereocenters. The van der Waals surface area contributed by atoms with E-state index in [1.165, 1.54) is 0 Å². The summed E-state index contributed by atoms with van der Waals surface area (Å²) in [7, 11) is 0. The van der Waals surface area contributed by atoms with E-state index in [1.54, 1.807) is 6.33 Å². The normalized spacial score (nSPS) is 12.8. The van der Waals surface area contributed by atoms with Gasteiger partial charge in [0, 0.05) is 0 Å². The van der Waals surface area contributed by atoms with E-state index in [1.807, 2.05) is 55.7 Å². The molecule has 0 aliphatic rings. The molecule has 7 nitrogen and oxygen atoms in total. The Morgan fingerprint density at radius 1 is 1.21 bits per heavy atom. The van der Waals surface area contributed by atoms with Crippen LogP contribution < -0.4 is 3.13 Å². The number of rotatable bonds is 9. The van der Waals surface area contributed by atoms with Crippen molar-refractivity contribution in [2.24, 2.45) is 0 Å². The monoisotopic (exact) mass is 609 g/mol. The van der Waals surface area contributed by atoms with E-state index < -0.39 is 0 Å². The Morgan fingerprint density at radius 2 is 1.93 bits per heavy atom. The number of fused-ring (bicyclic) bond motifs is 1. The van der Waals surface area contributed by atoms with Gasteiger partial charge in [0.15, 0.2) is 0 Å². The molecular formula is C20H27ClN5O2Tl. The van der Waals surface area contributed by atoms with Crippen LogP contribution in [0.3, 0.4) is 0 Å². The summed E-state index contributed by atoms with van der Waals surface area (Å²) in [6, 6.07) is 10.1. The second-order valence-corrected chi connectivity index (χ2v) is 7.55. The van der Waals surface area contributed by atoms with Crippen molar-refractivity contribution in [3.05, 3.63) is 47.4 Å². The van der Waals surface area contributed by atoms with Crippen molar-refractivity contribution in [1.29, 1.82) is 0 Å². The number of ether oxygens (including phenoxy) is 2. The third-order valence-electron chi connectivity index (χ3n) is 4.16. The SMILES string of the molecule is CC.CCC(COCc1ccccc1)OC(C)n1cnc2c(Cl)nc([NH][Tl])nc21. The molecule has 0 saturated carbocycles. The first kappa shape index (κ1) is 24.0. The first-order valence-electron chi connectivity index (χ1n) is 9.76. The van der Waals surface area contributed by atoms with Gasteiger partial charge in [-0.3, -0.25) is 0 Å².